The predicted octanol–water partition coefficient (Wildman–Crippen LogP) is 3.88. The largest absolute Gasteiger partial charge is 0.573 e. The van der Waals surface area contributed by atoms with Gasteiger partial charge in [-0.1, -0.05) is 17.7 Å². The highest BCUT2D eigenvalue weighted by atomic mass is 35.5. The third-order valence-electron chi connectivity index (χ3n) is 3.72. The molecule has 0 saturated heterocycles. The van der Waals surface area contributed by atoms with Crippen LogP contribution in [0.1, 0.15) is 27.2 Å². The van der Waals surface area contributed by atoms with Gasteiger partial charge in [0.15, 0.2) is 5.65 Å². The molecule has 2 heterocycles. The van der Waals surface area contributed by atoms with Crippen molar-refractivity contribution in [1.29, 1.82) is 0 Å². The molecule has 0 aliphatic rings. The Morgan fingerprint density at radius 1 is 1.35 bits per heavy atom. The predicted molar refractivity (Wildman–Crippen MR) is 85.6 cm³/mol. The molecular weight excluding hydrogens is 375 g/mol. The van der Waals surface area contributed by atoms with Gasteiger partial charge in [-0.25, -0.2) is 14.3 Å². The lowest BCUT2D eigenvalue weighted by Gasteiger charge is -2.12. The molecule has 0 bridgehead atoms. The first-order valence-corrected chi connectivity index (χ1v) is 7.63. The van der Waals surface area contributed by atoms with Crippen LogP contribution in [0.5, 0.6) is 5.75 Å². The van der Waals surface area contributed by atoms with Crippen LogP contribution in [0.4, 0.5) is 13.2 Å². The van der Waals surface area contributed by atoms with Gasteiger partial charge in [0.25, 0.3) is 0 Å². The number of aromatic carboxylic acids is 1. The number of ether oxygens (including phenoxy) is 1. The van der Waals surface area contributed by atoms with Gasteiger partial charge in [-0.15, -0.1) is 13.2 Å². The summed E-state index contributed by atoms with van der Waals surface area (Å²) in [5, 5.41) is 12.9. The molecule has 0 spiro atoms. The number of hydrogen-bond donors (Lipinski definition) is 1. The lowest BCUT2D eigenvalue weighted by Crippen LogP contribution is -2.17. The number of carboxylic acid groups (broad SMARTS) is 1. The van der Waals surface area contributed by atoms with Gasteiger partial charge in [-0.3, -0.25) is 0 Å². The minimum absolute atomic E-state index is 0.0352. The average Bonchev–Trinajstić information content (AvgIpc) is 2.97. The van der Waals surface area contributed by atoms with Crippen LogP contribution in [-0.2, 0) is 6.42 Å². The van der Waals surface area contributed by atoms with E-state index in [1.807, 2.05) is 0 Å². The number of hydrogen-bond acceptors (Lipinski definition) is 4. The second-order valence-electron chi connectivity index (χ2n) is 5.46. The van der Waals surface area contributed by atoms with Crippen molar-refractivity contribution < 1.29 is 27.8 Å². The van der Waals surface area contributed by atoms with Gasteiger partial charge in [-0.2, -0.15) is 5.10 Å². The third kappa shape index (κ3) is 3.57. The molecule has 0 atom stereocenters. The van der Waals surface area contributed by atoms with Crippen LogP contribution in [0.15, 0.2) is 30.6 Å². The minimum atomic E-state index is -4.85. The molecule has 0 aliphatic carbocycles. The number of benzene rings is 1. The maximum absolute atomic E-state index is 12.4. The van der Waals surface area contributed by atoms with Crippen LogP contribution < -0.4 is 4.74 Å². The smallest absolute Gasteiger partial charge is 0.477 e. The third-order valence-corrected chi connectivity index (χ3v) is 4.03. The average molecular weight is 386 g/mol. The molecular formula is C16H11ClF3N3O3. The minimum Gasteiger partial charge on any atom is -0.477 e. The van der Waals surface area contributed by atoms with Gasteiger partial charge < -0.3 is 9.84 Å². The number of carboxylic acids is 1. The Morgan fingerprint density at radius 3 is 2.73 bits per heavy atom. The zero-order valence-electron chi connectivity index (χ0n) is 13.2. The van der Waals surface area contributed by atoms with E-state index < -0.39 is 18.1 Å². The van der Waals surface area contributed by atoms with Crippen molar-refractivity contribution in [2.45, 2.75) is 19.7 Å². The summed E-state index contributed by atoms with van der Waals surface area (Å²) in [7, 11) is 0. The molecule has 1 aromatic carbocycles. The number of carbonyl (C=O) groups is 1. The lowest BCUT2D eigenvalue weighted by atomic mass is 10.0. The van der Waals surface area contributed by atoms with Crippen LogP contribution in [0.2, 0.25) is 5.02 Å². The van der Waals surface area contributed by atoms with Crippen molar-refractivity contribution in [3.05, 3.63) is 58.0 Å². The molecule has 0 amide bonds. The molecule has 0 aliphatic heterocycles. The number of fused-ring (bicyclic) bond motifs is 1. The Kier molecular flexibility index (Phi) is 4.49. The van der Waals surface area contributed by atoms with Crippen molar-refractivity contribution >= 4 is 23.2 Å². The monoisotopic (exact) mass is 385 g/mol. The Hall–Kier alpha value is -2.81. The maximum Gasteiger partial charge on any atom is 0.573 e. The van der Waals surface area contributed by atoms with Crippen molar-refractivity contribution in [3.8, 4) is 5.75 Å². The van der Waals surface area contributed by atoms with E-state index in [2.05, 4.69) is 14.8 Å². The molecule has 3 aromatic rings. The Bertz CT molecular complexity index is 1000. The van der Waals surface area contributed by atoms with Crippen LogP contribution in [-0.4, -0.2) is 32.0 Å². The molecule has 26 heavy (non-hydrogen) atoms. The molecule has 1 N–H and O–H groups in total. The van der Waals surface area contributed by atoms with Gasteiger partial charge in [0, 0.05) is 18.3 Å². The van der Waals surface area contributed by atoms with Crippen molar-refractivity contribution in [2.75, 3.05) is 0 Å². The zero-order valence-corrected chi connectivity index (χ0v) is 14.0. The summed E-state index contributed by atoms with van der Waals surface area (Å²) in [6.07, 6.45) is -1.94. The second-order valence-corrected chi connectivity index (χ2v) is 5.86. The first kappa shape index (κ1) is 18.0. The normalized spacial score (nSPS) is 11.7. The van der Waals surface area contributed by atoms with Gasteiger partial charge in [0.1, 0.15) is 11.3 Å². The van der Waals surface area contributed by atoms with Crippen molar-refractivity contribution in [3.63, 3.8) is 0 Å². The highest BCUT2D eigenvalue weighted by molar-refractivity contribution is 6.32. The van der Waals surface area contributed by atoms with E-state index in [1.165, 1.54) is 29.0 Å². The molecule has 3 rings (SSSR count). The number of nitrogens with zero attached hydrogens (tertiary/aromatic N) is 3. The topological polar surface area (TPSA) is 76.7 Å². The zero-order chi connectivity index (χ0) is 19.1. The van der Waals surface area contributed by atoms with Gasteiger partial charge >= 0.3 is 12.3 Å². The summed E-state index contributed by atoms with van der Waals surface area (Å²) in [6, 6.07) is 4.09. The van der Waals surface area contributed by atoms with E-state index in [1.54, 1.807) is 13.0 Å². The summed E-state index contributed by atoms with van der Waals surface area (Å²) in [5.41, 5.74) is 1.96. The highest BCUT2D eigenvalue weighted by Crippen LogP contribution is 2.31. The first-order valence-electron chi connectivity index (χ1n) is 7.25. The standard InChI is InChI=1S/C16H11ClF3N3O3/c1-8-10(6-21-14-11(15(24)25)7-22-23(8)14)4-9-2-3-12(17)13(5-9)26-16(18,19)20/h2-3,5-7H,4H2,1H3,(H,24,25). The van der Waals surface area contributed by atoms with E-state index in [9.17, 15) is 18.0 Å². The molecule has 0 radical (unpaired) electrons. The molecule has 2 aromatic heterocycles. The van der Waals surface area contributed by atoms with E-state index >= 15 is 0 Å². The fourth-order valence-electron chi connectivity index (χ4n) is 2.49. The number of halogens is 4. The highest BCUT2D eigenvalue weighted by Gasteiger charge is 2.32. The van der Waals surface area contributed by atoms with E-state index in [0.717, 1.165) is 0 Å². The molecule has 0 saturated carbocycles. The molecule has 6 nitrogen and oxygen atoms in total. The first-order chi connectivity index (χ1) is 12.2. The molecule has 0 unspecified atom stereocenters. The van der Waals surface area contributed by atoms with E-state index in [-0.39, 0.29) is 22.7 Å². The maximum atomic E-state index is 12.4. The van der Waals surface area contributed by atoms with Gasteiger partial charge in [0.2, 0.25) is 0 Å². The van der Waals surface area contributed by atoms with Crippen molar-refractivity contribution in [2.24, 2.45) is 0 Å². The number of aromatic nitrogens is 3. The Labute approximate surface area is 149 Å². The van der Waals surface area contributed by atoms with Crippen LogP contribution in [0.25, 0.3) is 5.65 Å². The Balaban J connectivity index is 1.95. The quantitative estimate of drug-likeness (QED) is 0.737. The summed E-state index contributed by atoms with van der Waals surface area (Å²) < 4.78 is 42.6. The SMILES string of the molecule is Cc1c(Cc2ccc(Cl)c(OC(F)(F)F)c2)cnc2c(C(=O)O)cnn12. The fraction of sp³-hybridized carbons (Fsp3) is 0.188. The van der Waals surface area contributed by atoms with Crippen molar-refractivity contribution in [1.82, 2.24) is 14.6 Å². The Morgan fingerprint density at radius 2 is 2.08 bits per heavy atom. The van der Waals surface area contributed by atoms with E-state index in [0.29, 0.717) is 16.8 Å². The van der Waals surface area contributed by atoms with Crippen LogP contribution in [0.3, 0.4) is 0 Å². The van der Waals surface area contributed by atoms with Gasteiger partial charge in [-0.05, 0) is 30.2 Å². The number of rotatable bonds is 4. The molecule has 10 heteroatoms. The fourth-order valence-corrected chi connectivity index (χ4v) is 2.64. The van der Waals surface area contributed by atoms with Crippen LogP contribution >= 0.6 is 11.6 Å². The number of alkyl halides is 3. The van der Waals surface area contributed by atoms with E-state index in [4.69, 9.17) is 16.7 Å². The molecule has 0 fully saturated rings. The molecule has 136 valence electrons. The summed E-state index contributed by atoms with van der Waals surface area (Å²) in [5.74, 6) is -1.64. The number of aryl methyl sites for hydroxylation is 1. The summed E-state index contributed by atoms with van der Waals surface area (Å²) in [6.45, 7) is 1.71. The lowest BCUT2D eigenvalue weighted by molar-refractivity contribution is -0.274. The summed E-state index contributed by atoms with van der Waals surface area (Å²) in [4.78, 5) is 15.2. The van der Waals surface area contributed by atoms with Crippen LogP contribution in [0, 0.1) is 6.92 Å². The summed E-state index contributed by atoms with van der Waals surface area (Å²) >= 11 is 5.74. The van der Waals surface area contributed by atoms with Gasteiger partial charge in [0.05, 0.1) is 11.2 Å². The second kappa shape index (κ2) is 6.49.